The van der Waals surface area contributed by atoms with Crippen LogP contribution in [-0.2, 0) is 0 Å². The highest BCUT2D eigenvalue weighted by molar-refractivity contribution is 5.48. The van der Waals surface area contributed by atoms with Gasteiger partial charge in [-0.25, -0.2) is 4.90 Å². The first-order valence-electron chi connectivity index (χ1n) is 9.94. The summed E-state index contributed by atoms with van der Waals surface area (Å²) >= 11 is 0. The van der Waals surface area contributed by atoms with Gasteiger partial charge in [-0.3, -0.25) is 0 Å². The Morgan fingerprint density at radius 3 is 1.07 bits per heavy atom. The third kappa shape index (κ3) is 4.56. The van der Waals surface area contributed by atoms with Crippen molar-refractivity contribution in [3.05, 3.63) is 114 Å². The number of hydrogen-bond acceptors (Lipinski definition) is 1. The summed E-state index contributed by atoms with van der Waals surface area (Å²) in [5.74, 6) is 1.69. The van der Waals surface area contributed by atoms with Crippen LogP contribution in [0.1, 0.15) is 16.7 Å². The molecule has 4 rings (SSSR count). The third-order valence-corrected chi connectivity index (χ3v) is 5.08. The van der Waals surface area contributed by atoms with Crippen LogP contribution in [0, 0.1) is 20.8 Å². The Hall–Kier alpha value is -3.36. The molecule has 29 heavy (non-hydrogen) atoms. The van der Waals surface area contributed by atoms with Crippen LogP contribution in [0.3, 0.4) is 0 Å². The van der Waals surface area contributed by atoms with Crippen molar-refractivity contribution in [2.75, 3.05) is 0 Å². The summed E-state index contributed by atoms with van der Waals surface area (Å²) in [6.07, 6.45) is 0. The first-order valence-corrected chi connectivity index (χ1v) is 9.94. The van der Waals surface area contributed by atoms with E-state index in [1.807, 2.05) is 24.3 Å². The standard InChI is InChI=1S/C27H25NO/c1-20-4-10-23(11-5-20)28(24-12-6-21(2)7-13-24)25-14-18-27(19-15-25)29-26-16-8-22(3)9-17-26/h4-19H,1-3H3/p+1. The SMILES string of the molecule is Cc1ccc(Oc2ccc([NH+](c3ccc(C)cc3)c3ccc(C)cc3)cc2)cc1. The fourth-order valence-electron chi connectivity index (χ4n) is 3.37. The van der Waals surface area contributed by atoms with Crippen LogP contribution in [0.15, 0.2) is 97.1 Å². The highest BCUT2D eigenvalue weighted by Crippen LogP contribution is 2.24. The minimum absolute atomic E-state index is 0.838. The summed E-state index contributed by atoms with van der Waals surface area (Å²) in [6, 6.07) is 33.9. The fraction of sp³-hybridized carbons (Fsp3) is 0.111. The van der Waals surface area contributed by atoms with Crippen molar-refractivity contribution in [2.24, 2.45) is 0 Å². The average Bonchev–Trinajstić information content (AvgIpc) is 2.74. The molecule has 0 atom stereocenters. The number of benzene rings is 4. The second-order valence-electron chi connectivity index (χ2n) is 7.55. The van der Waals surface area contributed by atoms with Crippen molar-refractivity contribution < 1.29 is 9.64 Å². The highest BCUT2D eigenvalue weighted by atomic mass is 16.5. The van der Waals surface area contributed by atoms with Crippen molar-refractivity contribution in [2.45, 2.75) is 20.8 Å². The molecule has 0 bridgehead atoms. The van der Waals surface area contributed by atoms with Gasteiger partial charge in [0.15, 0.2) is 0 Å². The Morgan fingerprint density at radius 1 is 0.414 bits per heavy atom. The molecule has 0 aliphatic rings. The maximum Gasteiger partial charge on any atom is 0.141 e. The quantitative estimate of drug-likeness (QED) is 0.413. The van der Waals surface area contributed by atoms with E-state index in [1.54, 1.807) is 0 Å². The lowest BCUT2D eigenvalue weighted by Crippen LogP contribution is -2.96. The molecule has 0 radical (unpaired) electrons. The lowest BCUT2D eigenvalue weighted by Gasteiger charge is -2.19. The molecule has 0 unspecified atom stereocenters. The number of hydrogen-bond donors (Lipinski definition) is 1. The van der Waals surface area contributed by atoms with Crippen molar-refractivity contribution in [3.63, 3.8) is 0 Å². The van der Waals surface area contributed by atoms with Crippen molar-refractivity contribution in [1.82, 2.24) is 0 Å². The first kappa shape index (κ1) is 19.0. The van der Waals surface area contributed by atoms with E-state index in [9.17, 15) is 0 Å². The maximum atomic E-state index is 6.00. The summed E-state index contributed by atoms with van der Waals surface area (Å²) in [5, 5.41) is 0. The molecule has 0 fully saturated rings. The van der Waals surface area contributed by atoms with Gasteiger partial charge in [0.05, 0.1) is 0 Å². The van der Waals surface area contributed by atoms with E-state index < -0.39 is 0 Å². The van der Waals surface area contributed by atoms with Gasteiger partial charge in [-0.2, -0.15) is 0 Å². The first-order chi connectivity index (χ1) is 14.1. The van der Waals surface area contributed by atoms with Crippen molar-refractivity contribution in [1.29, 1.82) is 0 Å². The van der Waals surface area contributed by atoms with E-state index in [1.165, 1.54) is 38.7 Å². The third-order valence-electron chi connectivity index (χ3n) is 5.08. The largest absolute Gasteiger partial charge is 0.457 e. The van der Waals surface area contributed by atoms with Crippen molar-refractivity contribution in [3.8, 4) is 11.5 Å². The second kappa shape index (κ2) is 8.34. The van der Waals surface area contributed by atoms with E-state index in [0.29, 0.717) is 0 Å². The number of rotatable bonds is 5. The summed E-state index contributed by atoms with van der Waals surface area (Å²) in [4.78, 5) is 1.23. The van der Waals surface area contributed by atoms with Crippen LogP contribution >= 0.6 is 0 Å². The zero-order valence-corrected chi connectivity index (χ0v) is 17.1. The summed E-state index contributed by atoms with van der Waals surface area (Å²) in [7, 11) is 0. The average molecular weight is 381 g/mol. The zero-order valence-electron chi connectivity index (χ0n) is 17.1. The fourth-order valence-corrected chi connectivity index (χ4v) is 3.37. The van der Waals surface area contributed by atoms with Crippen molar-refractivity contribution >= 4 is 17.1 Å². The van der Waals surface area contributed by atoms with Crippen LogP contribution in [-0.4, -0.2) is 0 Å². The minimum Gasteiger partial charge on any atom is -0.457 e. The molecule has 0 saturated carbocycles. The zero-order chi connectivity index (χ0) is 20.2. The molecule has 4 aromatic carbocycles. The highest BCUT2D eigenvalue weighted by Gasteiger charge is 2.19. The molecule has 0 aromatic heterocycles. The second-order valence-corrected chi connectivity index (χ2v) is 7.55. The summed E-state index contributed by atoms with van der Waals surface area (Å²) in [6.45, 7) is 6.31. The van der Waals surface area contributed by atoms with Crippen LogP contribution in [0.5, 0.6) is 11.5 Å². The van der Waals surface area contributed by atoms with Gasteiger partial charge in [-0.15, -0.1) is 0 Å². The monoisotopic (exact) mass is 380 g/mol. The Kier molecular flexibility index (Phi) is 5.46. The number of aryl methyl sites for hydroxylation is 3. The van der Waals surface area contributed by atoms with Crippen LogP contribution in [0.25, 0.3) is 0 Å². The van der Waals surface area contributed by atoms with Gasteiger partial charge in [0.25, 0.3) is 0 Å². The molecule has 0 saturated heterocycles. The van der Waals surface area contributed by atoms with E-state index in [-0.39, 0.29) is 0 Å². The smallest absolute Gasteiger partial charge is 0.141 e. The van der Waals surface area contributed by atoms with Gasteiger partial charge in [-0.1, -0.05) is 53.1 Å². The molecule has 2 heteroatoms. The normalized spacial score (nSPS) is 10.9. The van der Waals surface area contributed by atoms with E-state index >= 15 is 0 Å². The number of quaternary nitrogens is 1. The van der Waals surface area contributed by atoms with E-state index in [4.69, 9.17) is 4.74 Å². The molecule has 0 aliphatic carbocycles. The van der Waals surface area contributed by atoms with Crippen LogP contribution in [0.4, 0.5) is 17.1 Å². The van der Waals surface area contributed by atoms with Gasteiger partial charge in [0.2, 0.25) is 0 Å². The number of nitrogens with one attached hydrogen (secondary N) is 1. The van der Waals surface area contributed by atoms with Gasteiger partial charge in [-0.05, 0) is 45.0 Å². The maximum absolute atomic E-state index is 6.00. The predicted octanol–water partition coefficient (Wildman–Crippen LogP) is 6.58. The Balaban J connectivity index is 1.66. The van der Waals surface area contributed by atoms with Crippen LogP contribution in [0.2, 0.25) is 0 Å². The molecular formula is C27H26NO+. The lowest BCUT2D eigenvalue weighted by molar-refractivity contribution is -0.681. The molecule has 0 amide bonds. The Bertz CT molecular complexity index is 1020. The Labute approximate surface area is 173 Å². The lowest BCUT2D eigenvalue weighted by atomic mass is 10.1. The summed E-state index contributed by atoms with van der Waals surface area (Å²) < 4.78 is 6.00. The summed E-state index contributed by atoms with van der Waals surface area (Å²) in [5.41, 5.74) is 7.35. The molecule has 0 spiro atoms. The molecular weight excluding hydrogens is 354 g/mol. The van der Waals surface area contributed by atoms with Gasteiger partial charge < -0.3 is 4.74 Å². The molecule has 2 nitrogen and oxygen atoms in total. The molecule has 0 aliphatic heterocycles. The Morgan fingerprint density at radius 2 is 0.690 bits per heavy atom. The molecule has 4 aromatic rings. The van der Waals surface area contributed by atoms with Crippen LogP contribution < -0.4 is 9.64 Å². The van der Waals surface area contributed by atoms with E-state index in [2.05, 4.69) is 93.6 Å². The topological polar surface area (TPSA) is 13.7 Å². The predicted molar refractivity (Wildman–Crippen MR) is 120 cm³/mol. The van der Waals surface area contributed by atoms with E-state index in [0.717, 1.165) is 11.5 Å². The van der Waals surface area contributed by atoms with Gasteiger partial charge in [0, 0.05) is 36.4 Å². The molecule has 144 valence electrons. The minimum atomic E-state index is 0.838. The molecule has 1 N–H and O–H groups in total. The molecule has 0 heterocycles. The van der Waals surface area contributed by atoms with Gasteiger partial charge >= 0.3 is 0 Å². The number of ether oxygens (including phenoxy) is 1. The van der Waals surface area contributed by atoms with Gasteiger partial charge in [0.1, 0.15) is 28.6 Å².